The summed E-state index contributed by atoms with van der Waals surface area (Å²) >= 11 is 0. The van der Waals surface area contributed by atoms with Crippen LogP contribution >= 0.6 is 0 Å². The van der Waals surface area contributed by atoms with Crippen molar-refractivity contribution in [2.75, 3.05) is 26.2 Å². The van der Waals surface area contributed by atoms with Gasteiger partial charge in [-0.15, -0.1) is 0 Å². The van der Waals surface area contributed by atoms with E-state index < -0.39 is 6.10 Å². The van der Waals surface area contributed by atoms with Crippen molar-refractivity contribution in [1.29, 1.82) is 0 Å². The third-order valence-electron chi connectivity index (χ3n) is 3.30. The van der Waals surface area contributed by atoms with Gasteiger partial charge in [-0.25, -0.2) is 0 Å². The third-order valence-corrected chi connectivity index (χ3v) is 3.30. The first-order chi connectivity index (χ1) is 8.74. The summed E-state index contributed by atoms with van der Waals surface area (Å²) in [6, 6.07) is 7.56. The second kappa shape index (κ2) is 6.07. The maximum Gasteiger partial charge on any atom is 0.161 e. The average molecular weight is 251 g/mol. The number of aliphatic hydroxyl groups is 1. The molecule has 0 saturated heterocycles. The van der Waals surface area contributed by atoms with Gasteiger partial charge in [-0.3, -0.25) is 0 Å². The molecule has 0 amide bonds. The SMILES string of the molecule is CCN(CC)C[C@H](O)[C@@H]1COc2ccccc2O1. The molecule has 100 valence electrons. The molecule has 1 N–H and O–H groups in total. The quantitative estimate of drug-likeness (QED) is 0.861. The number of fused-ring (bicyclic) bond motifs is 1. The van der Waals surface area contributed by atoms with Crippen LogP contribution in [0.15, 0.2) is 24.3 Å². The van der Waals surface area contributed by atoms with Crippen LogP contribution in [0.5, 0.6) is 11.5 Å². The fourth-order valence-electron chi connectivity index (χ4n) is 2.09. The molecule has 4 heteroatoms. The van der Waals surface area contributed by atoms with Crippen molar-refractivity contribution >= 4 is 0 Å². The maximum absolute atomic E-state index is 10.2. The molecule has 1 aromatic rings. The second-order valence-corrected chi connectivity index (χ2v) is 4.47. The molecule has 0 aliphatic carbocycles. The summed E-state index contributed by atoms with van der Waals surface area (Å²) in [5.74, 6) is 1.47. The molecule has 1 aromatic carbocycles. The molecule has 2 atom stereocenters. The molecule has 2 rings (SSSR count). The Morgan fingerprint density at radius 2 is 1.94 bits per heavy atom. The summed E-state index contributed by atoms with van der Waals surface area (Å²) < 4.78 is 11.4. The summed E-state index contributed by atoms with van der Waals surface area (Å²) in [7, 11) is 0. The van der Waals surface area contributed by atoms with Crippen LogP contribution in [0.2, 0.25) is 0 Å². The number of benzene rings is 1. The summed E-state index contributed by atoms with van der Waals surface area (Å²) in [5.41, 5.74) is 0. The van der Waals surface area contributed by atoms with Gasteiger partial charge in [0.1, 0.15) is 12.7 Å². The van der Waals surface area contributed by atoms with Crippen molar-refractivity contribution in [2.45, 2.75) is 26.1 Å². The van der Waals surface area contributed by atoms with Crippen LogP contribution in [0.1, 0.15) is 13.8 Å². The lowest BCUT2D eigenvalue weighted by Crippen LogP contribution is -2.46. The normalized spacial score (nSPS) is 19.9. The Kier molecular flexibility index (Phi) is 4.44. The van der Waals surface area contributed by atoms with E-state index in [1.807, 2.05) is 24.3 Å². The Labute approximate surface area is 108 Å². The first-order valence-corrected chi connectivity index (χ1v) is 6.53. The van der Waals surface area contributed by atoms with Crippen LogP contribution in [0.3, 0.4) is 0 Å². The average Bonchev–Trinajstić information content (AvgIpc) is 2.44. The van der Waals surface area contributed by atoms with E-state index in [9.17, 15) is 5.11 Å². The maximum atomic E-state index is 10.2. The summed E-state index contributed by atoms with van der Waals surface area (Å²) in [4.78, 5) is 2.18. The molecular weight excluding hydrogens is 230 g/mol. The second-order valence-electron chi connectivity index (χ2n) is 4.47. The minimum atomic E-state index is -0.529. The summed E-state index contributed by atoms with van der Waals surface area (Å²) in [5, 5.41) is 10.2. The van der Waals surface area contributed by atoms with E-state index >= 15 is 0 Å². The molecule has 1 aliphatic heterocycles. The Hall–Kier alpha value is -1.26. The van der Waals surface area contributed by atoms with Crippen LogP contribution in [-0.4, -0.2) is 48.5 Å². The Bertz CT molecular complexity index is 379. The van der Waals surface area contributed by atoms with Gasteiger partial charge < -0.3 is 19.5 Å². The molecule has 0 radical (unpaired) electrons. The van der Waals surface area contributed by atoms with E-state index in [0.29, 0.717) is 18.9 Å². The number of para-hydroxylation sites is 2. The zero-order valence-electron chi connectivity index (χ0n) is 11.0. The highest BCUT2D eigenvalue weighted by Crippen LogP contribution is 2.31. The van der Waals surface area contributed by atoms with Crippen molar-refractivity contribution < 1.29 is 14.6 Å². The predicted molar refractivity (Wildman–Crippen MR) is 70.1 cm³/mol. The number of nitrogens with zero attached hydrogens (tertiary/aromatic N) is 1. The first kappa shape index (κ1) is 13.2. The molecule has 0 aromatic heterocycles. The van der Waals surface area contributed by atoms with Crippen molar-refractivity contribution in [3.63, 3.8) is 0 Å². The van der Waals surface area contributed by atoms with E-state index in [-0.39, 0.29) is 6.10 Å². The van der Waals surface area contributed by atoms with Crippen LogP contribution in [0, 0.1) is 0 Å². The van der Waals surface area contributed by atoms with E-state index in [4.69, 9.17) is 9.47 Å². The molecule has 0 bridgehead atoms. The highest BCUT2D eigenvalue weighted by Gasteiger charge is 2.28. The van der Waals surface area contributed by atoms with Crippen LogP contribution < -0.4 is 9.47 Å². The van der Waals surface area contributed by atoms with E-state index in [1.165, 1.54) is 0 Å². The standard InChI is InChI=1S/C14H21NO3/c1-3-15(4-2)9-11(16)14-10-17-12-7-5-6-8-13(12)18-14/h5-8,11,14,16H,3-4,9-10H2,1-2H3/t11-,14-/m0/s1. The topological polar surface area (TPSA) is 41.9 Å². The first-order valence-electron chi connectivity index (χ1n) is 6.53. The molecule has 0 fully saturated rings. The molecule has 0 unspecified atom stereocenters. The minimum absolute atomic E-state index is 0.291. The van der Waals surface area contributed by atoms with Gasteiger partial charge >= 0.3 is 0 Å². The van der Waals surface area contributed by atoms with Gasteiger partial charge in [-0.05, 0) is 25.2 Å². The summed E-state index contributed by atoms with van der Waals surface area (Å²) in [6.45, 7) is 7.05. The molecule has 4 nitrogen and oxygen atoms in total. The highest BCUT2D eigenvalue weighted by atomic mass is 16.6. The van der Waals surface area contributed by atoms with Gasteiger partial charge in [0.25, 0.3) is 0 Å². The number of likely N-dealkylation sites (N-methyl/N-ethyl adjacent to an activating group) is 1. The van der Waals surface area contributed by atoms with Crippen LogP contribution in [0.25, 0.3) is 0 Å². The molecular formula is C14H21NO3. The fourth-order valence-corrected chi connectivity index (χ4v) is 2.09. The third kappa shape index (κ3) is 2.94. The van der Waals surface area contributed by atoms with Gasteiger partial charge in [-0.1, -0.05) is 26.0 Å². The number of hydrogen-bond donors (Lipinski definition) is 1. The van der Waals surface area contributed by atoms with Gasteiger partial charge in [0, 0.05) is 6.54 Å². The van der Waals surface area contributed by atoms with Crippen molar-refractivity contribution in [3.05, 3.63) is 24.3 Å². The lowest BCUT2D eigenvalue weighted by Gasteiger charge is -2.32. The number of ether oxygens (including phenoxy) is 2. The number of rotatable bonds is 5. The zero-order chi connectivity index (χ0) is 13.0. The van der Waals surface area contributed by atoms with Crippen molar-refractivity contribution in [2.24, 2.45) is 0 Å². The summed E-state index contributed by atoms with van der Waals surface area (Å²) in [6.07, 6.45) is -0.821. The van der Waals surface area contributed by atoms with Gasteiger partial charge in [-0.2, -0.15) is 0 Å². The lowest BCUT2D eigenvalue weighted by molar-refractivity contribution is -0.0242. The van der Waals surface area contributed by atoms with E-state index in [2.05, 4.69) is 18.7 Å². The largest absolute Gasteiger partial charge is 0.486 e. The van der Waals surface area contributed by atoms with Crippen LogP contribution in [0.4, 0.5) is 0 Å². The fraction of sp³-hybridized carbons (Fsp3) is 0.571. The smallest absolute Gasteiger partial charge is 0.161 e. The van der Waals surface area contributed by atoms with Crippen LogP contribution in [-0.2, 0) is 0 Å². The lowest BCUT2D eigenvalue weighted by atomic mass is 10.1. The number of hydrogen-bond acceptors (Lipinski definition) is 4. The zero-order valence-corrected chi connectivity index (χ0v) is 11.0. The molecule has 1 aliphatic rings. The van der Waals surface area contributed by atoms with Crippen molar-refractivity contribution in [3.8, 4) is 11.5 Å². The minimum Gasteiger partial charge on any atom is -0.486 e. The highest BCUT2D eigenvalue weighted by molar-refractivity contribution is 5.40. The molecule has 0 spiro atoms. The number of aliphatic hydroxyl groups excluding tert-OH is 1. The predicted octanol–water partition coefficient (Wildman–Crippen LogP) is 1.53. The Balaban J connectivity index is 1.96. The van der Waals surface area contributed by atoms with E-state index in [0.717, 1.165) is 18.8 Å². The van der Waals surface area contributed by atoms with Gasteiger partial charge in [0.05, 0.1) is 0 Å². The Morgan fingerprint density at radius 3 is 2.61 bits per heavy atom. The molecule has 18 heavy (non-hydrogen) atoms. The van der Waals surface area contributed by atoms with Gasteiger partial charge in [0.15, 0.2) is 17.6 Å². The molecule has 0 saturated carbocycles. The Morgan fingerprint density at radius 1 is 1.28 bits per heavy atom. The van der Waals surface area contributed by atoms with Gasteiger partial charge in [0.2, 0.25) is 0 Å². The van der Waals surface area contributed by atoms with Crippen molar-refractivity contribution in [1.82, 2.24) is 4.90 Å². The monoisotopic (exact) mass is 251 g/mol. The molecule has 1 heterocycles. The van der Waals surface area contributed by atoms with E-state index in [1.54, 1.807) is 0 Å².